The van der Waals surface area contributed by atoms with E-state index in [1.54, 1.807) is 13.1 Å². The smallest absolute Gasteiger partial charge is 0.257 e. The lowest BCUT2D eigenvalue weighted by Gasteiger charge is -2.36. The van der Waals surface area contributed by atoms with E-state index >= 15 is 0 Å². The monoisotopic (exact) mass is 450 g/mol. The van der Waals surface area contributed by atoms with Crippen molar-refractivity contribution in [1.82, 2.24) is 14.7 Å². The Morgan fingerprint density at radius 2 is 1.50 bits per heavy atom. The third-order valence-corrected chi connectivity index (χ3v) is 6.11. The van der Waals surface area contributed by atoms with Gasteiger partial charge in [0.05, 0.1) is 23.1 Å². The molecular weight excluding hydrogens is 424 g/mol. The molecule has 4 rings (SSSR count). The molecule has 1 aliphatic rings. The highest BCUT2D eigenvalue weighted by Crippen LogP contribution is 2.26. The second kappa shape index (κ2) is 9.17. The third-order valence-electron chi connectivity index (χ3n) is 5.86. The number of benzene rings is 2. The molecule has 0 radical (unpaired) electrons. The fourth-order valence-corrected chi connectivity index (χ4v) is 4.24. The van der Waals surface area contributed by atoms with Crippen molar-refractivity contribution in [3.05, 3.63) is 76.6 Å². The lowest BCUT2D eigenvalue weighted by Crippen LogP contribution is -2.49. The Hall–Kier alpha value is -3.12. The van der Waals surface area contributed by atoms with E-state index < -0.39 is 0 Å². The molecule has 6 nitrogen and oxygen atoms in total. The first kappa shape index (κ1) is 22.1. The Balaban J connectivity index is 1.49. The molecule has 2 aromatic carbocycles. The van der Waals surface area contributed by atoms with Gasteiger partial charge in [0.25, 0.3) is 5.91 Å². The normalized spacial score (nSPS) is 14.2. The van der Waals surface area contributed by atoms with Crippen molar-refractivity contribution in [3.8, 4) is 5.69 Å². The average molecular weight is 451 g/mol. The number of hydrogen-bond acceptors (Lipinski definition) is 4. The molecule has 1 amide bonds. The minimum Gasteiger partial charge on any atom is -0.368 e. The van der Waals surface area contributed by atoms with Crippen molar-refractivity contribution in [2.75, 3.05) is 31.1 Å². The molecule has 0 unspecified atom stereocenters. The maximum atomic E-state index is 13.4. The summed E-state index contributed by atoms with van der Waals surface area (Å²) in [6, 6.07) is 15.1. The van der Waals surface area contributed by atoms with Crippen molar-refractivity contribution in [2.24, 2.45) is 0 Å². The van der Waals surface area contributed by atoms with E-state index in [9.17, 15) is 9.59 Å². The average Bonchev–Trinajstić information content (AvgIpc) is 3.25. The number of carbonyl (C=O) groups excluding carboxylic acids is 2. The van der Waals surface area contributed by atoms with Gasteiger partial charge >= 0.3 is 0 Å². The molecule has 166 valence electrons. The van der Waals surface area contributed by atoms with Crippen LogP contribution in [0.15, 0.2) is 54.7 Å². The number of hydrogen-bond donors (Lipinski definition) is 0. The number of ketones is 1. The molecule has 0 bridgehead atoms. The van der Waals surface area contributed by atoms with E-state index in [1.165, 1.54) is 0 Å². The van der Waals surface area contributed by atoms with Crippen LogP contribution in [0.3, 0.4) is 0 Å². The molecular formula is C25H27ClN4O2. The molecule has 7 heteroatoms. The first-order chi connectivity index (χ1) is 15.3. The highest BCUT2D eigenvalue weighted by atomic mass is 35.5. The lowest BCUT2D eigenvalue weighted by atomic mass is 10.0. The van der Waals surface area contributed by atoms with Gasteiger partial charge in [-0.15, -0.1) is 0 Å². The van der Waals surface area contributed by atoms with E-state index in [0.717, 1.165) is 30.2 Å². The van der Waals surface area contributed by atoms with Crippen LogP contribution in [-0.4, -0.2) is 52.5 Å². The first-order valence-electron chi connectivity index (χ1n) is 10.8. The third kappa shape index (κ3) is 4.41. The topological polar surface area (TPSA) is 58.4 Å². The summed E-state index contributed by atoms with van der Waals surface area (Å²) >= 11 is 6.03. The Labute approximate surface area is 193 Å². The van der Waals surface area contributed by atoms with E-state index in [2.05, 4.69) is 23.8 Å². The van der Waals surface area contributed by atoms with Crippen LogP contribution in [0.25, 0.3) is 5.69 Å². The van der Waals surface area contributed by atoms with Crippen molar-refractivity contribution < 1.29 is 9.59 Å². The number of anilines is 1. The van der Waals surface area contributed by atoms with Gasteiger partial charge in [0.15, 0.2) is 5.78 Å². The van der Waals surface area contributed by atoms with Crippen molar-refractivity contribution >= 4 is 29.0 Å². The van der Waals surface area contributed by atoms with Crippen LogP contribution >= 0.6 is 11.6 Å². The van der Waals surface area contributed by atoms with Gasteiger partial charge in [-0.05, 0) is 61.4 Å². The molecule has 32 heavy (non-hydrogen) atoms. The molecule has 1 saturated heterocycles. The van der Waals surface area contributed by atoms with Gasteiger partial charge in [-0.25, -0.2) is 4.68 Å². The van der Waals surface area contributed by atoms with Crippen LogP contribution in [0, 0.1) is 0 Å². The van der Waals surface area contributed by atoms with Crippen molar-refractivity contribution in [2.45, 2.75) is 26.7 Å². The maximum Gasteiger partial charge on any atom is 0.257 e. The van der Waals surface area contributed by atoms with Crippen LogP contribution in [0.2, 0.25) is 5.02 Å². The molecule has 3 aromatic rings. The zero-order valence-electron chi connectivity index (χ0n) is 18.6. The molecule has 1 aliphatic heterocycles. The SMILES string of the molecule is CC(=O)c1ccc(N2CCN(C(=O)c3cnn(-c4ccc(Cl)cc4)c3C(C)C)CC2)cc1. The Bertz CT molecular complexity index is 1110. The van der Waals surface area contributed by atoms with Crippen LogP contribution in [-0.2, 0) is 0 Å². The number of nitrogens with zero attached hydrogens (tertiary/aromatic N) is 4. The van der Waals surface area contributed by atoms with Gasteiger partial charge in [-0.3, -0.25) is 9.59 Å². The van der Waals surface area contributed by atoms with Gasteiger partial charge in [0, 0.05) is 42.5 Å². The zero-order valence-corrected chi connectivity index (χ0v) is 19.3. The molecule has 0 spiro atoms. The highest BCUT2D eigenvalue weighted by molar-refractivity contribution is 6.30. The van der Waals surface area contributed by atoms with E-state index in [0.29, 0.717) is 29.2 Å². The number of halogens is 1. The van der Waals surface area contributed by atoms with E-state index in [1.807, 2.05) is 58.1 Å². The Morgan fingerprint density at radius 3 is 2.06 bits per heavy atom. The summed E-state index contributed by atoms with van der Waals surface area (Å²) in [6.45, 7) is 8.47. The number of piperazine rings is 1. The van der Waals surface area contributed by atoms with Crippen LogP contribution in [0.1, 0.15) is 53.1 Å². The molecule has 1 fully saturated rings. The van der Waals surface area contributed by atoms with Crippen LogP contribution in [0.5, 0.6) is 0 Å². The van der Waals surface area contributed by atoms with E-state index in [4.69, 9.17) is 11.6 Å². The van der Waals surface area contributed by atoms with Crippen LogP contribution < -0.4 is 4.90 Å². The fraction of sp³-hybridized carbons (Fsp3) is 0.320. The van der Waals surface area contributed by atoms with Crippen LogP contribution in [0.4, 0.5) is 5.69 Å². The predicted octanol–water partition coefficient (Wildman–Crippen LogP) is 4.81. The summed E-state index contributed by atoms with van der Waals surface area (Å²) in [4.78, 5) is 29.0. The molecule has 0 aliphatic carbocycles. The van der Waals surface area contributed by atoms with Gasteiger partial charge in [-0.1, -0.05) is 25.4 Å². The lowest BCUT2D eigenvalue weighted by molar-refractivity contribution is 0.0745. The molecule has 0 atom stereocenters. The fourth-order valence-electron chi connectivity index (χ4n) is 4.11. The molecule has 2 heterocycles. The minimum atomic E-state index is 0.0143. The Morgan fingerprint density at radius 1 is 0.906 bits per heavy atom. The summed E-state index contributed by atoms with van der Waals surface area (Å²) in [7, 11) is 0. The minimum absolute atomic E-state index is 0.0143. The number of amides is 1. The molecule has 0 saturated carbocycles. The highest BCUT2D eigenvalue weighted by Gasteiger charge is 2.27. The molecule has 1 aromatic heterocycles. The largest absolute Gasteiger partial charge is 0.368 e. The molecule has 0 N–H and O–H groups in total. The standard InChI is InChI=1S/C25H27ClN4O2/c1-17(2)24-23(16-27-30(24)22-10-6-20(26)7-11-22)25(32)29-14-12-28(13-15-29)21-8-4-19(5-9-21)18(3)31/h4-11,16-17H,12-15H2,1-3H3. The second-order valence-corrected chi connectivity index (χ2v) is 8.81. The zero-order chi connectivity index (χ0) is 22.8. The quantitative estimate of drug-likeness (QED) is 0.523. The number of rotatable bonds is 5. The summed E-state index contributed by atoms with van der Waals surface area (Å²) in [5.74, 6) is 0.209. The Kier molecular flexibility index (Phi) is 6.33. The first-order valence-corrected chi connectivity index (χ1v) is 11.2. The summed E-state index contributed by atoms with van der Waals surface area (Å²) in [5.41, 5.74) is 4.21. The van der Waals surface area contributed by atoms with Gasteiger partial charge in [0.2, 0.25) is 0 Å². The van der Waals surface area contributed by atoms with E-state index in [-0.39, 0.29) is 17.6 Å². The number of aromatic nitrogens is 2. The van der Waals surface area contributed by atoms with Gasteiger partial charge < -0.3 is 9.80 Å². The summed E-state index contributed by atoms with van der Waals surface area (Å²) in [6.07, 6.45) is 1.68. The van der Waals surface area contributed by atoms with Gasteiger partial charge in [0.1, 0.15) is 0 Å². The van der Waals surface area contributed by atoms with Gasteiger partial charge in [-0.2, -0.15) is 5.10 Å². The summed E-state index contributed by atoms with van der Waals surface area (Å²) in [5, 5.41) is 5.19. The maximum absolute atomic E-state index is 13.4. The summed E-state index contributed by atoms with van der Waals surface area (Å²) < 4.78 is 1.83. The number of carbonyl (C=O) groups is 2. The van der Waals surface area contributed by atoms with Crippen molar-refractivity contribution in [3.63, 3.8) is 0 Å². The predicted molar refractivity (Wildman–Crippen MR) is 127 cm³/mol. The number of Topliss-reactive ketones (excluding diaryl/α,β-unsaturated/α-hetero) is 1. The van der Waals surface area contributed by atoms with Crippen molar-refractivity contribution in [1.29, 1.82) is 0 Å². The second-order valence-electron chi connectivity index (χ2n) is 8.37.